The van der Waals surface area contributed by atoms with Crippen molar-refractivity contribution in [3.8, 4) is 0 Å². The Hall–Kier alpha value is -0.850. The lowest BCUT2D eigenvalue weighted by Gasteiger charge is -2.42. The second kappa shape index (κ2) is 6.10. The van der Waals surface area contributed by atoms with Crippen molar-refractivity contribution in [2.24, 2.45) is 5.41 Å². The van der Waals surface area contributed by atoms with Gasteiger partial charge in [0.05, 0.1) is 19.8 Å². The molecule has 2 aliphatic rings. The highest BCUT2D eigenvalue weighted by Gasteiger charge is 2.46. The van der Waals surface area contributed by atoms with Crippen LogP contribution in [0.3, 0.4) is 0 Å². The third-order valence-corrected chi connectivity index (χ3v) is 4.23. The van der Waals surface area contributed by atoms with Crippen LogP contribution in [-0.4, -0.2) is 49.0 Å². The van der Waals surface area contributed by atoms with Crippen LogP contribution in [0.15, 0.2) is 0 Å². The number of rotatable bonds is 3. The molecule has 6 nitrogen and oxygen atoms in total. The van der Waals surface area contributed by atoms with Gasteiger partial charge in [-0.1, -0.05) is 0 Å². The number of carbonyl (C=O) groups excluding carboxylic acids is 1. The average molecular weight is 301 g/mol. The van der Waals surface area contributed by atoms with Crippen molar-refractivity contribution in [3.05, 3.63) is 0 Å². The number of hydrogen-bond acceptors (Lipinski definition) is 5. The minimum Gasteiger partial charge on any atom is -0.444 e. The molecule has 0 unspecified atom stereocenters. The Morgan fingerprint density at radius 3 is 2.24 bits per heavy atom. The molecule has 1 saturated heterocycles. The van der Waals surface area contributed by atoms with Gasteiger partial charge >= 0.3 is 6.09 Å². The smallest absolute Gasteiger partial charge is 0.407 e. The molecule has 0 atom stereocenters. The van der Waals surface area contributed by atoms with Crippen molar-refractivity contribution in [1.29, 1.82) is 0 Å². The minimum absolute atomic E-state index is 0.0406. The van der Waals surface area contributed by atoms with E-state index in [1.165, 1.54) is 0 Å². The zero-order valence-electron chi connectivity index (χ0n) is 13.2. The first kappa shape index (κ1) is 16.5. The Bertz CT molecular complexity index is 361. The van der Waals surface area contributed by atoms with Crippen molar-refractivity contribution in [1.82, 2.24) is 5.32 Å². The number of ether oxygens (including phenoxy) is 3. The summed E-state index contributed by atoms with van der Waals surface area (Å²) < 4.78 is 16.6. The summed E-state index contributed by atoms with van der Waals surface area (Å²) in [5, 5.41) is 12.5. The van der Waals surface area contributed by atoms with E-state index in [2.05, 4.69) is 5.32 Å². The topological polar surface area (TPSA) is 77.0 Å². The van der Waals surface area contributed by atoms with Crippen LogP contribution in [0.1, 0.15) is 46.5 Å². The molecule has 1 aliphatic heterocycles. The van der Waals surface area contributed by atoms with Gasteiger partial charge in [-0.3, -0.25) is 0 Å². The summed E-state index contributed by atoms with van der Waals surface area (Å²) in [5.41, 5.74) is -0.823. The second-order valence-electron chi connectivity index (χ2n) is 7.12. The van der Waals surface area contributed by atoms with Crippen LogP contribution in [0.2, 0.25) is 0 Å². The summed E-state index contributed by atoms with van der Waals surface area (Å²) in [6, 6.07) is 0. The van der Waals surface area contributed by atoms with E-state index in [4.69, 9.17) is 14.2 Å². The normalized spacial score (nSPS) is 24.0. The average Bonchev–Trinajstić information content (AvgIpc) is 2.86. The molecule has 2 fully saturated rings. The van der Waals surface area contributed by atoms with Crippen LogP contribution in [0.25, 0.3) is 0 Å². The fourth-order valence-electron chi connectivity index (χ4n) is 2.91. The first-order chi connectivity index (χ1) is 9.78. The minimum atomic E-state index is -0.515. The van der Waals surface area contributed by atoms with Crippen molar-refractivity contribution >= 4 is 6.09 Å². The molecular formula is C15H27NO5. The zero-order chi connectivity index (χ0) is 15.6. The van der Waals surface area contributed by atoms with Gasteiger partial charge in [0, 0.05) is 24.8 Å². The zero-order valence-corrected chi connectivity index (χ0v) is 13.2. The lowest BCUT2D eigenvalue weighted by atomic mass is 9.72. The van der Waals surface area contributed by atoms with Crippen LogP contribution in [0.5, 0.6) is 0 Å². The summed E-state index contributed by atoms with van der Waals surface area (Å²) in [5.74, 6) is -0.454. The van der Waals surface area contributed by atoms with Crippen molar-refractivity contribution in [2.45, 2.75) is 57.8 Å². The van der Waals surface area contributed by atoms with Crippen molar-refractivity contribution in [3.63, 3.8) is 0 Å². The molecule has 0 aromatic carbocycles. The molecule has 122 valence electrons. The highest BCUT2D eigenvalue weighted by atomic mass is 16.7. The maximum absolute atomic E-state index is 11.7. The van der Waals surface area contributed by atoms with Gasteiger partial charge in [-0.05, 0) is 33.6 Å². The first-order valence-electron chi connectivity index (χ1n) is 7.64. The van der Waals surface area contributed by atoms with Gasteiger partial charge in [0.1, 0.15) is 5.60 Å². The summed E-state index contributed by atoms with van der Waals surface area (Å²) in [6.07, 6.45) is 2.59. The molecular weight excluding hydrogens is 274 g/mol. The lowest BCUT2D eigenvalue weighted by molar-refractivity contribution is -0.194. The molecule has 2 rings (SSSR count). The highest BCUT2D eigenvalue weighted by molar-refractivity contribution is 5.67. The van der Waals surface area contributed by atoms with Crippen LogP contribution < -0.4 is 5.32 Å². The molecule has 6 heteroatoms. The van der Waals surface area contributed by atoms with E-state index in [0.717, 1.165) is 25.7 Å². The van der Waals surface area contributed by atoms with Gasteiger partial charge in [-0.2, -0.15) is 0 Å². The maximum Gasteiger partial charge on any atom is 0.407 e. The first-order valence-corrected chi connectivity index (χ1v) is 7.64. The van der Waals surface area contributed by atoms with Gasteiger partial charge in [0.25, 0.3) is 0 Å². The quantitative estimate of drug-likeness (QED) is 0.831. The van der Waals surface area contributed by atoms with Gasteiger partial charge in [-0.25, -0.2) is 4.79 Å². The molecule has 0 aromatic rings. The Labute approximate surface area is 126 Å². The number of hydrogen-bond donors (Lipinski definition) is 2. The van der Waals surface area contributed by atoms with Gasteiger partial charge in [0.2, 0.25) is 0 Å². The monoisotopic (exact) mass is 301 g/mol. The van der Waals surface area contributed by atoms with E-state index in [0.29, 0.717) is 19.8 Å². The van der Waals surface area contributed by atoms with Crippen LogP contribution in [0, 0.1) is 5.41 Å². The lowest BCUT2D eigenvalue weighted by Crippen LogP contribution is -2.48. The summed E-state index contributed by atoms with van der Waals surface area (Å²) in [4.78, 5) is 11.7. The van der Waals surface area contributed by atoms with Gasteiger partial charge in [0.15, 0.2) is 5.79 Å². The molecule has 0 bridgehead atoms. The summed E-state index contributed by atoms with van der Waals surface area (Å²) in [7, 11) is 0. The number of alkyl carbamates (subject to hydrolysis) is 1. The third-order valence-electron chi connectivity index (χ3n) is 4.23. The third kappa shape index (κ3) is 4.31. The molecule has 1 heterocycles. The van der Waals surface area contributed by atoms with E-state index in [-0.39, 0.29) is 12.0 Å². The predicted octanol–water partition coefficient (Wildman–Crippen LogP) is 1.81. The fourth-order valence-corrected chi connectivity index (χ4v) is 2.91. The standard InChI is InChI=1S/C15H27NO5/c1-13(2,3)21-12(18)16-10-14(11-17)4-6-15(7-5-14)19-8-9-20-15/h17H,4-11H2,1-3H3,(H,16,18). The largest absolute Gasteiger partial charge is 0.444 e. The molecule has 2 N–H and O–H groups in total. The Morgan fingerprint density at radius 1 is 1.19 bits per heavy atom. The number of aliphatic hydroxyl groups is 1. The molecule has 1 spiro atoms. The van der Waals surface area contributed by atoms with Crippen molar-refractivity contribution in [2.75, 3.05) is 26.4 Å². The predicted molar refractivity (Wildman–Crippen MR) is 76.9 cm³/mol. The van der Waals surface area contributed by atoms with E-state index in [9.17, 15) is 9.90 Å². The number of carbonyl (C=O) groups is 1. The number of nitrogens with one attached hydrogen (secondary N) is 1. The van der Waals surface area contributed by atoms with Gasteiger partial charge in [-0.15, -0.1) is 0 Å². The summed E-state index contributed by atoms with van der Waals surface area (Å²) >= 11 is 0. The number of amides is 1. The molecule has 0 aromatic heterocycles. The second-order valence-corrected chi connectivity index (χ2v) is 7.12. The SMILES string of the molecule is CC(C)(C)OC(=O)NCC1(CO)CCC2(CC1)OCCO2. The van der Waals surface area contributed by atoms with Crippen molar-refractivity contribution < 1.29 is 24.1 Å². The molecule has 1 saturated carbocycles. The van der Waals surface area contributed by atoms with Crippen LogP contribution in [0.4, 0.5) is 4.79 Å². The summed E-state index contributed by atoms with van der Waals surface area (Å²) in [6.45, 7) is 7.21. The van der Waals surface area contributed by atoms with E-state index in [1.54, 1.807) is 0 Å². The Kier molecular flexibility index (Phi) is 4.80. The molecule has 21 heavy (non-hydrogen) atoms. The molecule has 1 amide bonds. The number of aliphatic hydroxyl groups excluding tert-OH is 1. The van der Waals surface area contributed by atoms with Crippen LogP contribution in [-0.2, 0) is 14.2 Å². The Morgan fingerprint density at radius 2 is 1.76 bits per heavy atom. The molecule has 1 aliphatic carbocycles. The van der Waals surface area contributed by atoms with E-state index in [1.807, 2.05) is 20.8 Å². The fraction of sp³-hybridized carbons (Fsp3) is 0.933. The highest BCUT2D eigenvalue weighted by Crippen LogP contribution is 2.44. The van der Waals surface area contributed by atoms with E-state index < -0.39 is 17.5 Å². The van der Waals surface area contributed by atoms with Gasteiger partial charge < -0.3 is 24.6 Å². The van der Waals surface area contributed by atoms with E-state index >= 15 is 0 Å². The Balaban J connectivity index is 1.84. The maximum atomic E-state index is 11.7. The molecule has 0 radical (unpaired) electrons. The van der Waals surface area contributed by atoms with Crippen LogP contribution >= 0.6 is 0 Å².